The van der Waals surface area contributed by atoms with Crippen LogP contribution in [0.4, 0.5) is 4.39 Å². The second kappa shape index (κ2) is 6.89. The molecule has 0 bridgehead atoms. The van der Waals surface area contributed by atoms with Crippen LogP contribution in [-0.4, -0.2) is 17.1 Å². The molecule has 3 atom stereocenters. The van der Waals surface area contributed by atoms with Crippen LogP contribution in [0.15, 0.2) is 23.4 Å². The van der Waals surface area contributed by atoms with Crippen molar-refractivity contribution in [2.45, 2.75) is 45.8 Å². The predicted octanol–water partition coefficient (Wildman–Crippen LogP) is 3.26. The fourth-order valence-electron chi connectivity index (χ4n) is 2.80. The molecule has 1 aliphatic carbocycles. The number of ether oxygens (including phenoxy) is 1. The van der Waals surface area contributed by atoms with Gasteiger partial charge in [-0.15, -0.1) is 0 Å². The number of nitrogens with two attached hydrogens (primary N) is 1. The highest BCUT2D eigenvalue weighted by Gasteiger charge is 2.25. The average Bonchev–Trinajstić information content (AvgIpc) is 2.49. The first-order chi connectivity index (χ1) is 10.0. The van der Waals surface area contributed by atoms with E-state index in [0.717, 1.165) is 25.2 Å². The Morgan fingerprint density at radius 2 is 2.14 bits per heavy atom. The zero-order valence-corrected chi connectivity index (χ0v) is 12.6. The summed E-state index contributed by atoms with van der Waals surface area (Å²) in [5, 5.41) is 11.5. The minimum absolute atomic E-state index is 0.101. The molecule has 0 spiro atoms. The van der Waals surface area contributed by atoms with Gasteiger partial charge in [0.15, 0.2) is 5.84 Å². The molecule has 0 radical (unpaired) electrons. The lowest BCUT2D eigenvalue weighted by molar-refractivity contribution is -0.00846. The first kappa shape index (κ1) is 15.8. The molecule has 0 aromatic heterocycles. The van der Waals surface area contributed by atoms with Gasteiger partial charge in [-0.05, 0) is 37.2 Å². The molecule has 2 rings (SSSR count). The molecular formula is C16H23FN2O2. The summed E-state index contributed by atoms with van der Waals surface area (Å²) < 4.78 is 20.1. The Hall–Kier alpha value is -1.62. The number of oxime groups is 1. The van der Waals surface area contributed by atoms with Gasteiger partial charge >= 0.3 is 0 Å². The van der Waals surface area contributed by atoms with Gasteiger partial charge in [0, 0.05) is 5.56 Å². The smallest absolute Gasteiger partial charge is 0.173 e. The number of rotatable bonds is 4. The molecule has 1 saturated carbocycles. The SMILES string of the molecule is CC1CCC(OCc2cccc(/C(N)=N/O)c2F)CC1C. The van der Waals surface area contributed by atoms with Gasteiger partial charge in [0.2, 0.25) is 0 Å². The maximum absolute atomic E-state index is 14.3. The third kappa shape index (κ3) is 3.73. The van der Waals surface area contributed by atoms with Gasteiger partial charge in [-0.25, -0.2) is 4.39 Å². The van der Waals surface area contributed by atoms with Crippen molar-refractivity contribution >= 4 is 5.84 Å². The summed E-state index contributed by atoms with van der Waals surface area (Å²) in [5.74, 6) is 0.655. The summed E-state index contributed by atoms with van der Waals surface area (Å²) in [6.45, 7) is 4.71. The van der Waals surface area contributed by atoms with E-state index in [1.54, 1.807) is 12.1 Å². The monoisotopic (exact) mass is 294 g/mol. The number of halogens is 1. The van der Waals surface area contributed by atoms with Gasteiger partial charge in [-0.1, -0.05) is 31.1 Å². The molecule has 0 saturated heterocycles. The molecule has 1 aliphatic rings. The van der Waals surface area contributed by atoms with Crippen LogP contribution >= 0.6 is 0 Å². The Kier molecular flexibility index (Phi) is 5.17. The number of hydrogen-bond donors (Lipinski definition) is 2. The van der Waals surface area contributed by atoms with Gasteiger partial charge in [-0.2, -0.15) is 0 Å². The summed E-state index contributed by atoms with van der Waals surface area (Å²) in [7, 11) is 0. The normalized spacial score (nSPS) is 26.8. The second-order valence-electron chi connectivity index (χ2n) is 5.96. The molecule has 0 amide bonds. The Labute approximate surface area is 124 Å². The summed E-state index contributed by atoms with van der Waals surface area (Å²) in [6.07, 6.45) is 3.37. The lowest BCUT2D eigenvalue weighted by Crippen LogP contribution is -2.26. The van der Waals surface area contributed by atoms with Crippen LogP contribution in [0.2, 0.25) is 0 Å². The average molecular weight is 294 g/mol. The summed E-state index contributed by atoms with van der Waals surface area (Å²) in [6, 6.07) is 4.83. The van der Waals surface area contributed by atoms with E-state index in [9.17, 15) is 4.39 Å². The zero-order valence-electron chi connectivity index (χ0n) is 12.6. The molecule has 1 fully saturated rings. The van der Waals surface area contributed by atoms with Crippen LogP contribution in [0.3, 0.4) is 0 Å². The standard InChI is InChI=1S/C16H23FN2O2/c1-10-6-7-13(8-11(10)2)21-9-12-4-3-5-14(15(12)17)16(18)19-20/h3-5,10-11,13,20H,6-9H2,1-2H3,(H2,18,19). The van der Waals surface area contributed by atoms with E-state index in [-0.39, 0.29) is 24.1 Å². The molecule has 21 heavy (non-hydrogen) atoms. The highest BCUT2D eigenvalue weighted by atomic mass is 19.1. The van der Waals surface area contributed by atoms with Gasteiger partial charge in [0.05, 0.1) is 18.3 Å². The lowest BCUT2D eigenvalue weighted by Gasteiger charge is -2.32. The third-order valence-corrected chi connectivity index (χ3v) is 4.49. The largest absolute Gasteiger partial charge is 0.409 e. The number of benzene rings is 1. The highest BCUT2D eigenvalue weighted by molar-refractivity contribution is 5.97. The van der Waals surface area contributed by atoms with Crippen LogP contribution in [0.1, 0.15) is 44.2 Å². The Bertz CT molecular complexity index is 519. The minimum atomic E-state index is -0.481. The Morgan fingerprint density at radius 3 is 2.81 bits per heavy atom. The van der Waals surface area contributed by atoms with Gasteiger partial charge in [0.1, 0.15) is 5.82 Å². The number of hydrogen-bond acceptors (Lipinski definition) is 3. The molecule has 1 aromatic rings. The van der Waals surface area contributed by atoms with E-state index in [2.05, 4.69) is 19.0 Å². The Balaban J connectivity index is 2.01. The predicted molar refractivity (Wildman–Crippen MR) is 79.7 cm³/mol. The molecule has 0 heterocycles. The van der Waals surface area contributed by atoms with E-state index in [0.29, 0.717) is 11.5 Å². The molecule has 0 aliphatic heterocycles. The maximum Gasteiger partial charge on any atom is 0.173 e. The summed E-state index contributed by atoms with van der Waals surface area (Å²) in [5.41, 5.74) is 5.99. The number of nitrogens with zero attached hydrogens (tertiary/aromatic N) is 1. The van der Waals surface area contributed by atoms with Crippen molar-refractivity contribution in [2.75, 3.05) is 0 Å². The topological polar surface area (TPSA) is 67.8 Å². The van der Waals surface area contributed by atoms with Crippen molar-refractivity contribution < 1.29 is 14.3 Å². The first-order valence-corrected chi connectivity index (χ1v) is 7.39. The zero-order chi connectivity index (χ0) is 15.4. The van der Waals surface area contributed by atoms with Crippen LogP contribution in [-0.2, 0) is 11.3 Å². The van der Waals surface area contributed by atoms with E-state index in [1.807, 2.05) is 0 Å². The lowest BCUT2D eigenvalue weighted by atomic mass is 9.80. The van der Waals surface area contributed by atoms with Crippen LogP contribution in [0, 0.1) is 17.7 Å². The molecule has 5 heteroatoms. The molecular weight excluding hydrogens is 271 g/mol. The fourth-order valence-corrected chi connectivity index (χ4v) is 2.80. The van der Waals surface area contributed by atoms with Crippen LogP contribution < -0.4 is 5.73 Å². The Morgan fingerprint density at radius 1 is 1.38 bits per heavy atom. The quantitative estimate of drug-likeness (QED) is 0.387. The number of amidine groups is 1. The van der Waals surface area contributed by atoms with Crippen LogP contribution in [0.5, 0.6) is 0 Å². The molecule has 4 nitrogen and oxygen atoms in total. The maximum atomic E-state index is 14.3. The van der Waals surface area contributed by atoms with Crippen molar-refractivity contribution in [3.63, 3.8) is 0 Å². The molecule has 116 valence electrons. The van der Waals surface area contributed by atoms with E-state index in [1.165, 1.54) is 6.07 Å². The second-order valence-corrected chi connectivity index (χ2v) is 5.96. The van der Waals surface area contributed by atoms with Gasteiger partial charge in [-0.3, -0.25) is 0 Å². The van der Waals surface area contributed by atoms with E-state index in [4.69, 9.17) is 15.7 Å². The van der Waals surface area contributed by atoms with Crippen molar-refractivity contribution in [2.24, 2.45) is 22.7 Å². The first-order valence-electron chi connectivity index (χ1n) is 7.39. The van der Waals surface area contributed by atoms with E-state index < -0.39 is 5.82 Å². The fraction of sp³-hybridized carbons (Fsp3) is 0.562. The van der Waals surface area contributed by atoms with Crippen molar-refractivity contribution in [3.05, 3.63) is 35.1 Å². The highest BCUT2D eigenvalue weighted by Crippen LogP contribution is 2.31. The van der Waals surface area contributed by atoms with Crippen molar-refractivity contribution in [1.82, 2.24) is 0 Å². The summed E-state index contributed by atoms with van der Waals surface area (Å²) >= 11 is 0. The summed E-state index contributed by atoms with van der Waals surface area (Å²) in [4.78, 5) is 0. The van der Waals surface area contributed by atoms with Crippen molar-refractivity contribution in [1.29, 1.82) is 0 Å². The van der Waals surface area contributed by atoms with Crippen LogP contribution in [0.25, 0.3) is 0 Å². The van der Waals surface area contributed by atoms with Gasteiger partial charge in [0.25, 0.3) is 0 Å². The third-order valence-electron chi connectivity index (χ3n) is 4.49. The van der Waals surface area contributed by atoms with E-state index >= 15 is 0 Å². The molecule has 3 N–H and O–H groups in total. The van der Waals surface area contributed by atoms with Gasteiger partial charge < -0.3 is 15.7 Å². The minimum Gasteiger partial charge on any atom is -0.409 e. The molecule has 1 aromatic carbocycles. The molecule has 3 unspecified atom stereocenters. The van der Waals surface area contributed by atoms with Crippen molar-refractivity contribution in [3.8, 4) is 0 Å².